The van der Waals surface area contributed by atoms with E-state index in [0.717, 1.165) is 28.5 Å². The van der Waals surface area contributed by atoms with E-state index in [1.54, 1.807) is 6.20 Å². The Bertz CT molecular complexity index is 1270. The Balaban J connectivity index is 1.88. The van der Waals surface area contributed by atoms with Crippen molar-refractivity contribution >= 4 is 27.8 Å². The number of carbonyl (C=O) groups excluding carboxylic acids is 1. The Kier molecular flexibility index (Phi) is 3.95. The van der Waals surface area contributed by atoms with Crippen LogP contribution in [0, 0.1) is 0 Å². The molecule has 0 radical (unpaired) electrons. The van der Waals surface area contributed by atoms with Crippen molar-refractivity contribution in [3.05, 3.63) is 103 Å². The van der Waals surface area contributed by atoms with Crippen molar-refractivity contribution in [2.45, 2.75) is 0 Å². The minimum atomic E-state index is 0.661. The summed E-state index contributed by atoms with van der Waals surface area (Å²) in [5.74, 6) is 0. The van der Waals surface area contributed by atoms with Crippen molar-refractivity contribution < 1.29 is 4.79 Å². The predicted molar refractivity (Wildman–Crippen MR) is 116 cm³/mol. The molecule has 132 valence electrons. The smallest absolute Gasteiger partial charge is 0.150 e. The maximum absolute atomic E-state index is 11.7. The van der Waals surface area contributed by atoms with Crippen molar-refractivity contribution in [2.75, 3.05) is 0 Å². The van der Waals surface area contributed by atoms with E-state index >= 15 is 0 Å². The third kappa shape index (κ3) is 2.76. The minimum absolute atomic E-state index is 0.661. The van der Waals surface area contributed by atoms with Crippen LogP contribution in [0.2, 0.25) is 0 Å². The number of pyridine rings is 1. The Morgan fingerprint density at radius 2 is 1.32 bits per heavy atom. The van der Waals surface area contributed by atoms with Crippen molar-refractivity contribution in [3.63, 3.8) is 0 Å². The van der Waals surface area contributed by atoms with Gasteiger partial charge in [-0.25, -0.2) is 0 Å². The molecule has 28 heavy (non-hydrogen) atoms. The van der Waals surface area contributed by atoms with Crippen molar-refractivity contribution in [3.8, 4) is 22.3 Å². The fourth-order valence-electron chi connectivity index (χ4n) is 3.89. The first-order valence-electron chi connectivity index (χ1n) is 9.25. The van der Waals surface area contributed by atoms with Gasteiger partial charge in [0.25, 0.3) is 0 Å². The molecule has 0 N–H and O–H groups in total. The largest absolute Gasteiger partial charge is 0.298 e. The molecule has 0 atom stereocenters. The molecule has 5 rings (SSSR count). The Morgan fingerprint density at radius 3 is 1.96 bits per heavy atom. The van der Waals surface area contributed by atoms with E-state index in [9.17, 15) is 4.79 Å². The van der Waals surface area contributed by atoms with E-state index < -0.39 is 0 Å². The second-order valence-electron chi connectivity index (χ2n) is 6.90. The van der Waals surface area contributed by atoms with Crippen LogP contribution in [0.3, 0.4) is 0 Å². The van der Waals surface area contributed by atoms with E-state index in [1.165, 1.54) is 21.5 Å². The highest BCUT2D eigenvalue weighted by Crippen LogP contribution is 2.38. The Hall–Kier alpha value is -3.78. The second-order valence-corrected chi connectivity index (χ2v) is 6.90. The summed E-state index contributed by atoms with van der Waals surface area (Å²) in [7, 11) is 0. The lowest BCUT2D eigenvalue weighted by molar-refractivity contribution is 0.112. The first kappa shape index (κ1) is 16.4. The summed E-state index contributed by atoms with van der Waals surface area (Å²) >= 11 is 0. The van der Waals surface area contributed by atoms with Crippen LogP contribution in [0.15, 0.2) is 97.3 Å². The highest BCUT2D eigenvalue weighted by molar-refractivity contribution is 6.13. The lowest BCUT2D eigenvalue weighted by Crippen LogP contribution is -1.90. The highest BCUT2D eigenvalue weighted by Gasteiger charge is 2.12. The maximum Gasteiger partial charge on any atom is 0.150 e. The number of hydrogen-bond donors (Lipinski definition) is 0. The van der Waals surface area contributed by atoms with E-state index in [2.05, 4.69) is 65.6 Å². The molecular formula is C26H17NO. The van der Waals surface area contributed by atoms with Gasteiger partial charge in [0.15, 0.2) is 0 Å². The second kappa shape index (κ2) is 6.75. The quantitative estimate of drug-likeness (QED) is 0.271. The van der Waals surface area contributed by atoms with Crippen LogP contribution in [0.4, 0.5) is 0 Å². The highest BCUT2D eigenvalue weighted by atomic mass is 16.1. The van der Waals surface area contributed by atoms with Gasteiger partial charge in [0.05, 0.1) is 0 Å². The molecule has 2 heteroatoms. The lowest BCUT2D eigenvalue weighted by atomic mass is 9.90. The zero-order chi connectivity index (χ0) is 18.9. The van der Waals surface area contributed by atoms with Crippen LogP contribution in [-0.2, 0) is 0 Å². The fraction of sp³-hybridized carbons (Fsp3) is 0. The van der Waals surface area contributed by atoms with Gasteiger partial charge in [-0.1, -0.05) is 54.6 Å². The molecule has 0 spiro atoms. The summed E-state index contributed by atoms with van der Waals surface area (Å²) in [5.41, 5.74) is 4.84. The third-order valence-electron chi connectivity index (χ3n) is 5.15. The van der Waals surface area contributed by atoms with E-state index in [1.807, 2.05) is 30.5 Å². The summed E-state index contributed by atoms with van der Waals surface area (Å²) in [6.45, 7) is 0. The summed E-state index contributed by atoms with van der Waals surface area (Å²) < 4.78 is 0. The lowest BCUT2D eigenvalue weighted by Gasteiger charge is -2.14. The minimum Gasteiger partial charge on any atom is -0.298 e. The zero-order valence-electron chi connectivity index (χ0n) is 15.2. The number of fused-ring (bicyclic) bond motifs is 2. The molecule has 0 fully saturated rings. The molecule has 0 aliphatic rings. The monoisotopic (exact) mass is 359 g/mol. The fourth-order valence-corrected chi connectivity index (χ4v) is 3.89. The van der Waals surface area contributed by atoms with E-state index in [4.69, 9.17) is 0 Å². The van der Waals surface area contributed by atoms with Gasteiger partial charge in [-0.3, -0.25) is 9.78 Å². The summed E-state index contributed by atoms with van der Waals surface area (Å²) in [4.78, 5) is 15.9. The van der Waals surface area contributed by atoms with Gasteiger partial charge in [-0.2, -0.15) is 0 Å². The number of rotatable bonds is 3. The number of hydrogen-bond acceptors (Lipinski definition) is 2. The molecule has 0 unspecified atom stereocenters. The topological polar surface area (TPSA) is 30.0 Å². The van der Waals surface area contributed by atoms with Crippen molar-refractivity contribution in [1.82, 2.24) is 4.98 Å². The normalized spacial score (nSPS) is 11.0. The number of benzene rings is 4. The molecule has 0 amide bonds. The maximum atomic E-state index is 11.7. The number of carbonyl (C=O) groups is 1. The first-order chi connectivity index (χ1) is 13.8. The third-order valence-corrected chi connectivity index (χ3v) is 5.15. The van der Waals surface area contributed by atoms with Gasteiger partial charge in [-0.05, 0) is 68.6 Å². The number of aldehydes is 1. The molecule has 5 aromatic rings. The molecular weight excluding hydrogens is 342 g/mol. The van der Waals surface area contributed by atoms with Gasteiger partial charge in [0.1, 0.15) is 6.29 Å². The van der Waals surface area contributed by atoms with Crippen LogP contribution in [0.1, 0.15) is 10.4 Å². The predicted octanol–water partition coefficient (Wildman–Crippen LogP) is 6.53. The van der Waals surface area contributed by atoms with Crippen LogP contribution >= 0.6 is 0 Å². The molecule has 1 aromatic heterocycles. The average molecular weight is 359 g/mol. The van der Waals surface area contributed by atoms with Gasteiger partial charge in [-0.15, -0.1) is 0 Å². The zero-order valence-corrected chi connectivity index (χ0v) is 15.2. The Labute approximate surface area is 163 Å². The summed E-state index contributed by atoms with van der Waals surface area (Å²) in [5, 5.41) is 4.74. The first-order valence-corrected chi connectivity index (χ1v) is 9.25. The van der Waals surface area contributed by atoms with Gasteiger partial charge in [0.2, 0.25) is 0 Å². The van der Waals surface area contributed by atoms with Gasteiger partial charge in [0, 0.05) is 23.5 Å². The SMILES string of the molecule is O=Cc1cc(-c2cccnc2)cc(-c2c3ccccc3cc3ccccc23)c1. The Morgan fingerprint density at radius 1 is 0.643 bits per heavy atom. The number of nitrogens with zero attached hydrogens (tertiary/aromatic N) is 1. The van der Waals surface area contributed by atoms with E-state index in [-0.39, 0.29) is 0 Å². The van der Waals surface area contributed by atoms with Crippen LogP contribution in [0.5, 0.6) is 0 Å². The van der Waals surface area contributed by atoms with Gasteiger partial charge < -0.3 is 0 Å². The van der Waals surface area contributed by atoms with Crippen LogP contribution in [0.25, 0.3) is 43.8 Å². The summed E-state index contributed by atoms with van der Waals surface area (Å²) in [6.07, 6.45) is 4.50. The van der Waals surface area contributed by atoms with E-state index in [0.29, 0.717) is 5.56 Å². The molecule has 0 bridgehead atoms. The molecule has 1 heterocycles. The average Bonchev–Trinajstić information content (AvgIpc) is 2.77. The standard InChI is InChI=1S/C26H17NO/c28-17-18-12-22(21-8-5-11-27-16-21)15-23(13-18)26-24-9-3-1-6-19(24)14-20-7-2-4-10-25(20)26/h1-17H. The number of aromatic nitrogens is 1. The molecule has 4 aromatic carbocycles. The molecule has 0 aliphatic heterocycles. The summed E-state index contributed by atoms with van der Waals surface area (Å²) in [6, 6.07) is 29.0. The molecule has 0 saturated heterocycles. The van der Waals surface area contributed by atoms with Gasteiger partial charge >= 0.3 is 0 Å². The van der Waals surface area contributed by atoms with Crippen molar-refractivity contribution in [2.24, 2.45) is 0 Å². The van der Waals surface area contributed by atoms with Crippen molar-refractivity contribution in [1.29, 1.82) is 0 Å². The van der Waals surface area contributed by atoms with Crippen LogP contribution < -0.4 is 0 Å². The molecule has 0 aliphatic carbocycles. The van der Waals surface area contributed by atoms with Crippen LogP contribution in [-0.4, -0.2) is 11.3 Å². The molecule has 2 nitrogen and oxygen atoms in total. The molecule has 0 saturated carbocycles.